The molecule has 0 spiro atoms. The molecule has 1 saturated carbocycles. The summed E-state index contributed by atoms with van der Waals surface area (Å²) in [7, 11) is 2.67. The quantitative estimate of drug-likeness (QED) is 0.641. The molecular formula is C10H16O4. The molecule has 1 fully saturated rings. The second kappa shape index (κ2) is 3.26. The van der Waals surface area contributed by atoms with Crippen LogP contribution < -0.4 is 0 Å². The topological polar surface area (TPSA) is 52.6 Å². The molecule has 0 amide bonds. The molecular weight excluding hydrogens is 184 g/mol. The van der Waals surface area contributed by atoms with Gasteiger partial charge in [0, 0.05) is 0 Å². The van der Waals surface area contributed by atoms with Gasteiger partial charge in [-0.25, -0.2) is 0 Å². The van der Waals surface area contributed by atoms with E-state index in [9.17, 15) is 9.59 Å². The van der Waals surface area contributed by atoms with Crippen molar-refractivity contribution < 1.29 is 19.1 Å². The van der Waals surface area contributed by atoms with Gasteiger partial charge < -0.3 is 9.47 Å². The predicted molar refractivity (Wildman–Crippen MR) is 49.5 cm³/mol. The maximum Gasteiger partial charge on any atom is 0.312 e. The maximum absolute atomic E-state index is 11.5. The Hall–Kier alpha value is -1.06. The van der Waals surface area contributed by atoms with Gasteiger partial charge in [0.15, 0.2) is 0 Å². The zero-order valence-corrected chi connectivity index (χ0v) is 9.05. The molecule has 14 heavy (non-hydrogen) atoms. The third-order valence-electron chi connectivity index (χ3n) is 3.16. The van der Waals surface area contributed by atoms with Gasteiger partial charge >= 0.3 is 11.9 Å². The van der Waals surface area contributed by atoms with Gasteiger partial charge in [-0.3, -0.25) is 9.59 Å². The Morgan fingerprint density at radius 3 is 2.00 bits per heavy atom. The second-order valence-corrected chi connectivity index (χ2v) is 4.39. The van der Waals surface area contributed by atoms with Crippen LogP contribution in [0.5, 0.6) is 0 Å². The normalized spacial score (nSPS) is 28.0. The molecule has 0 aromatic carbocycles. The SMILES string of the molecule is COC(=O)C[C@@]1(C(=O)OC)CC1(C)C. The highest BCUT2D eigenvalue weighted by atomic mass is 16.5. The number of carbonyl (C=O) groups is 2. The Labute approximate surface area is 83.6 Å². The molecule has 1 atom stereocenters. The van der Waals surface area contributed by atoms with Crippen LogP contribution in [0.25, 0.3) is 0 Å². The minimum absolute atomic E-state index is 0.114. The highest BCUT2D eigenvalue weighted by Crippen LogP contribution is 2.66. The van der Waals surface area contributed by atoms with Crippen LogP contribution in [-0.2, 0) is 19.1 Å². The van der Waals surface area contributed by atoms with Gasteiger partial charge in [-0.05, 0) is 11.8 Å². The van der Waals surface area contributed by atoms with Gasteiger partial charge in [-0.1, -0.05) is 13.8 Å². The van der Waals surface area contributed by atoms with Crippen molar-refractivity contribution >= 4 is 11.9 Å². The second-order valence-electron chi connectivity index (χ2n) is 4.39. The lowest BCUT2D eigenvalue weighted by Gasteiger charge is -2.16. The third kappa shape index (κ3) is 1.49. The molecule has 0 bridgehead atoms. The first-order chi connectivity index (χ1) is 6.39. The van der Waals surface area contributed by atoms with Crippen molar-refractivity contribution in [3.8, 4) is 0 Å². The Bertz CT molecular complexity index is 269. The molecule has 1 aliphatic rings. The largest absolute Gasteiger partial charge is 0.469 e. The molecule has 1 rings (SSSR count). The summed E-state index contributed by atoms with van der Waals surface area (Å²) in [6, 6.07) is 0. The first kappa shape index (κ1) is 11.0. The van der Waals surface area contributed by atoms with Crippen molar-refractivity contribution in [2.75, 3.05) is 14.2 Å². The fourth-order valence-electron chi connectivity index (χ4n) is 1.95. The highest BCUT2D eigenvalue weighted by molar-refractivity contribution is 5.87. The van der Waals surface area contributed by atoms with Crippen molar-refractivity contribution in [1.82, 2.24) is 0 Å². The van der Waals surface area contributed by atoms with E-state index >= 15 is 0 Å². The molecule has 0 N–H and O–H groups in total. The first-order valence-electron chi connectivity index (χ1n) is 4.55. The molecule has 0 heterocycles. The number of carbonyl (C=O) groups excluding carboxylic acids is 2. The van der Waals surface area contributed by atoms with Crippen molar-refractivity contribution in [2.45, 2.75) is 26.7 Å². The van der Waals surface area contributed by atoms with Gasteiger partial charge in [-0.2, -0.15) is 0 Å². The lowest BCUT2D eigenvalue weighted by atomic mass is 9.92. The third-order valence-corrected chi connectivity index (χ3v) is 3.16. The van der Waals surface area contributed by atoms with Crippen LogP contribution in [-0.4, -0.2) is 26.2 Å². The van der Waals surface area contributed by atoms with E-state index in [4.69, 9.17) is 4.74 Å². The van der Waals surface area contributed by atoms with Crippen molar-refractivity contribution in [2.24, 2.45) is 10.8 Å². The average Bonchev–Trinajstić information content (AvgIpc) is 2.68. The standard InChI is InChI=1S/C10H16O4/c1-9(2)6-10(9,8(12)14-4)5-7(11)13-3/h5-6H2,1-4H3/t10-/m0/s1. The monoisotopic (exact) mass is 200 g/mol. The van der Waals surface area contributed by atoms with E-state index in [1.54, 1.807) is 0 Å². The molecule has 80 valence electrons. The van der Waals surface area contributed by atoms with E-state index in [0.29, 0.717) is 6.42 Å². The summed E-state index contributed by atoms with van der Waals surface area (Å²) in [5.41, 5.74) is -0.816. The van der Waals surface area contributed by atoms with Crippen LogP contribution in [0, 0.1) is 10.8 Å². The van der Waals surface area contributed by atoms with Crippen molar-refractivity contribution in [3.05, 3.63) is 0 Å². The summed E-state index contributed by atoms with van der Waals surface area (Å²) < 4.78 is 9.28. The maximum atomic E-state index is 11.5. The fraction of sp³-hybridized carbons (Fsp3) is 0.800. The van der Waals surface area contributed by atoms with E-state index in [-0.39, 0.29) is 23.8 Å². The molecule has 0 unspecified atom stereocenters. The molecule has 4 heteroatoms. The summed E-state index contributed by atoms with van der Waals surface area (Å²) in [5.74, 6) is -0.672. The van der Waals surface area contributed by atoms with Crippen LogP contribution in [0.3, 0.4) is 0 Å². The fourth-order valence-corrected chi connectivity index (χ4v) is 1.95. The van der Waals surface area contributed by atoms with Gasteiger partial charge in [0.05, 0.1) is 26.1 Å². The Morgan fingerprint density at radius 2 is 1.71 bits per heavy atom. The summed E-state index contributed by atoms with van der Waals surface area (Å²) in [6.07, 6.45) is 0.797. The Kier molecular flexibility index (Phi) is 2.56. The van der Waals surface area contributed by atoms with Crippen molar-refractivity contribution in [1.29, 1.82) is 0 Å². The van der Waals surface area contributed by atoms with E-state index in [1.807, 2.05) is 13.8 Å². The minimum atomic E-state index is -0.658. The van der Waals surface area contributed by atoms with Crippen LogP contribution in [0.4, 0.5) is 0 Å². The zero-order valence-electron chi connectivity index (χ0n) is 9.05. The molecule has 4 nitrogen and oxygen atoms in total. The smallest absolute Gasteiger partial charge is 0.312 e. The van der Waals surface area contributed by atoms with E-state index < -0.39 is 5.41 Å². The molecule has 1 aliphatic carbocycles. The van der Waals surface area contributed by atoms with Crippen LogP contribution >= 0.6 is 0 Å². The van der Waals surface area contributed by atoms with E-state index in [2.05, 4.69) is 4.74 Å². The summed E-state index contributed by atoms with van der Waals surface area (Å²) >= 11 is 0. The summed E-state index contributed by atoms with van der Waals surface area (Å²) in [6.45, 7) is 3.90. The van der Waals surface area contributed by atoms with Crippen LogP contribution in [0.2, 0.25) is 0 Å². The Morgan fingerprint density at radius 1 is 1.21 bits per heavy atom. The van der Waals surface area contributed by atoms with Crippen molar-refractivity contribution in [3.63, 3.8) is 0 Å². The molecule has 0 radical (unpaired) electrons. The average molecular weight is 200 g/mol. The molecule has 0 saturated heterocycles. The number of rotatable bonds is 3. The lowest BCUT2D eigenvalue weighted by molar-refractivity contribution is -0.155. The lowest BCUT2D eigenvalue weighted by Crippen LogP contribution is -2.26. The summed E-state index contributed by atoms with van der Waals surface area (Å²) in [5, 5.41) is 0. The molecule has 0 aromatic heterocycles. The van der Waals surface area contributed by atoms with Gasteiger partial charge in [0.2, 0.25) is 0 Å². The van der Waals surface area contributed by atoms with E-state index in [1.165, 1.54) is 14.2 Å². The number of hydrogen-bond acceptors (Lipinski definition) is 4. The number of ether oxygens (including phenoxy) is 2. The van der Waals surface area contributed by atoms with Gasteiger partial charge in [0.1, 0.15) is 0 Å². The predicted octanol–water partition coefficient (Wildman–Crippen LogP) is 1.14. The van der Waals surface area contributed by atoms with Gasteiger partial charge in [-0.15, -0.1) is 0 Å². The molecule has 0 aliphatic heterocycles. The zero-order chi connectivity index (χ0) is 11.0. The van der Waals surface area contributed by atoms with E-state index in [0.717, 1.165) is 0 Å². The molecule has 0 aromatic rings. The number of hydrogen-bond donors (Lipinski definition) is 0. The number of esters is 2. The highest BCUT2D eigenvalue weighted by Gasteiger charge is 2.68. The van der Waals surface area contributed by atoms with Crippen LogP contribution in [0.15, 0.2) is 0 Å². The minimum Gasteiger partial charge on any atom is -0.469 e. The summed E-state index contributed by atoms with van der Waals surface area (Å²) in [4.78, 5) is 22.7. The number of methoxy groups -OCH3 is 2. The Balaban J connectivity index is 2.77. The van der Waals surface area contributed by atoms with Crippen LogP contribution in [0.1, 0.15) is 26.7 Å². The first-order valence-corrected chi connectivity index (χ1v) is 4.55. The van der Waals surface area contributed by atoms with Gasteiger partial charge in [0.25, 0.3) is 0 Å².